The number of rotatable bonds is 8. The summed E-state index contributed by atoms with van der Waals surface area (Å²) in [5.41, 5.74) is 2.63. The molecule has 2 aliphatic rings. The van der Waals surface area contributed by atoms with Gasteiger partial charge in [-0.2, -0.15) is 0 Å². The third-order valence-electron chi connectivity index (χ3n) is 6.55. The molecule has 0 unspecified atom stereocenters. The van der Waals surface area contributed by atoms with Crippen molar-refractivity contribution in [2.45, 2.75) is 57.1 Å². The van der Waals surface area contributed by atoms with Gasteiger partial charge in [0.25, 0.3) is 0 Å². The summed E-state index contributed by atoms with van der Waals surface area (Å²) in [5.74, 6) is -1.29. The number of carboxylic acids is 1. The van der Waals surface area contributed by atoms with Gasteiger partial charge in [-0.25, -0.2) is 14.4 Å². The highest BCUT2D eigenvalue weighted by atomic mass is 16.6. The van der Waals surface area contributed by atoms with E-state index in [1.807, 2.05) is 24.3 Å². The van der Waals surface area contributed by atoms with Gasteiger partial charge in [-0.3, -0.25) is 0 Å². The van der Waals surface area contributed by atoms with Crippen molar-refractivity contribution in [2.24, 2.45) is 5.92 Å². The topological polar surface area (TPSA) is 114 Å². The molecule has 2 aromatic carbocycles. The molecule has 0 radical (unpaired) electrons. The third-order valence-corrected chi connectivity index (χ3v) is 6.55. The Kier molecular flexibility index (Phi) is 6.74. The van der Waals surface area contributed by atoms with Gasteiger partial charge in [0, 0.05) is 12.5 Å². The Labute approximate surface area is 205 Å². The lowest BCUT2D eigenvalue weighted by Crippen LogP contribution is -2.47. The van der Waals surface area contributed by atoms with Gasteiger partial charge in [0.15, 0.2) is 0 Å². The molecular weight excluding hydrogens is 448 g/mol. The molecule has 186 valence electrons. The minimum absolute atomic E-state index is 0.00488. The predicted octanol–water partition coefficient (Wildman–Crippen LogP) is 4.67. The number of amides is 2. The molecule has 1 saturated carbocycles. The van der Waals surface area contributed by atoms with Crippen molar-refractivity contribution in [1.82, 2.24) is 10.6 Å². The van der Waals surface area contributed by atoms with Crippen LogP contribution in [0.2, 0.25) is 0 Å². The summed E-state index contributed by atoms with van der Waals surface area (Å²) < 4.78 is 10.7. The highest BCUT2D eigenvalue weighted by Gasteiger charge is 2.61. The van der Waals surface area contributed by atoms with Crippen molar-refractivity contribution >= 4 is 18.2 Å². The van der Waals surface area contributed by atoms with E-state index < -0.39 is 29.3 Å². The largest absolute Gasteiger partial charge is 0.479 e. The van der Waals surface area contributed by atoms with E-state index in [2.05, 4.69) is 34.9 Å². The van der Waals surface area contributed by atoms with Crippen LogP contribution in [0.4, 0.5) is 9.59 Å². The van der Waals surface area contributed by atoms with Gasteiger partial charge in [0.2, 0.25) is 0 Å². The molecular formula is C27H32N2O6. The number of benzene rings is 2. The van der Waals surface area contributed by atoms with Crippen LogP contribution in [0.3, 0.4) is 0 Å². The van der Waals surface area contributed by atoms with E-state index in [9.17, 15) is 19.5 Å². The molecule has 35 heavy (non-hydrogen) atoms. The van der Waals surface area contributed by atoms with Gasteiger partial charge in [0.05, 0.1) is 0 Å². The van der Waals surface area contributed by atoms with E-state index in [-0.39, 0.29) is 18.4 Å². The first-order chi connectivity index (χ1) is 16.6. The van der Waals surface area contributed by atoms with Crippen molar-refractivity contribution in [3.8, 4) is 11.1 Å². The van der Waals surface area contributed by atoms with E-state index in [0.29, 0.717) is 25.8 Å². The van der Waals surface area contributed by atoms with E-state index in [4.69, 9.17) is 9.47 Å². The molecule has 2 atom stereocenters. The number of alkyl carbamates (subject to hydrolysis) is 2. The smallest absolute Gasteiger partial charge is 0.408 e. The number of nitrogens with one attached hydrogen (secondary N) is 2. The molecule has 0 bridgehead atoms. The molecule has 0 saturated heterocycles. The van der Waals surface area contributed by atoms with Crippen LogP contribution in [-0.4, -0.2) is 47.6 Å². The van der Waals surface area contributed by atoms with Crippen LogP contribution < -0.4 is 10.6 Å². The Balaban J connectivity index is 1.22. The van der Waals surface area contributed by atoms with E-state index in [0.717, 1.165) is 11.1 Å². The Hall–Kier alpha value is -3.55. The van der Waals surface area contributed by atoms with Crippen LogP contribution in [-0.2, 0) is 14.3 Å². The van der Waals surface area contributed by atoms with Crippen LogP contribution >= 0.6 is 0 Å². The maximum Gasteiger partial charge on any atom is 0.408 e. The molecule has 3 N–H and O–H groups in total. The van der Waals surface area contributed by atoms with Gasteiger partial charge in [-0.1, -0.05) is 48.5 Å². The van der Waals surface area contributed by atoms with Gasteiger partial charge >= 0.3 is 18.2 Å². The van der Waals surface area contributed by atoms with E-state index in [1.165, 1.54) is 11.1 Å². The maximum atomic E-state index is 12.3. The summed E-state index contributed by atoms with van der Waals surface area (Å²) in [6, 6.07) is 16.3. The van der Waals surface area contributed by atoms with E-state index in [1.54, 1.807) is 20.8 Å². The van der Waals surface area contributed by atoms with Crippen molar-refractivity contribution in [3.63, 3.8) is 0 Å². The number of hydrogen-bond donors (Lipinski definition) is 3. The van der Waals surface area contributed by atoms with Crippen LogP contribution in [0, 0.1) is 5.92 Å². The first kappa shape index (κ1) is 24.6. The van der Waals surface area contributed by atoms with Crippen molar-refractivity contribution in [2.75, 3.05) is 13.2 Å². The molecule has 0 aromatic heterocycles. The molecule has 2 amide bonds. The number of carbonyl (C=O) groups is 3. The molecule has 8 heteroatoms. The number of aliphatic carboxylic acids is 1. The summed E-state index contributed by atoms with van der Waals surface area (Å²) in [6.45, 7) is 5.76. The summed E-state index contributed by atoms with van der Waals surface area (Å²) in [5, 5.41) is 14.9. The number of hydrogen-bond acceptors (Lipinski definition) is 5. The zero-order valence-electron chi connectivity index (χ0n) is 20.3. The highest BCUT2D eigenvalue weighted by molar-refractivity contribution is 5.88. The Bertz CT molecular complexity index is 1080. The second-order valence-corrected chi connectivity index (χ2v) is 10.2. The second kappa shape index (κ2) is 9.60. The van der Waals surface area contributed by atoms with Crippen LogP contribution in [0.1, 0.15) is 57.1 Å². The monoisotopic (exact) mass is 480 g/mol. The average molecular weight is 481 g/mol. The van der Waals surface area contributed by atoms with Crippen LogP contribution in [0.15, 0.2) is 48.5 Å². The summed E-state index contributed by atoms with van der Waals surface area (Å²) in [7, 11) is 0. The van der Waals surface area contributed by atoms with Crippen molar-refractivity contribution < 1.29 is 29.0 Å². The predicted molar refractivity (Wildman–Crippen MR) is 130 cm³/mol. The minimum Gasteiger partial charge on any atom is -0.479 e. The number of ether oxygens (including phenoxy) is 2. The minimum atomic E-state index is -1.30. The first-order valence-electron chi connectivity index (χ1n) is 11.9. The fraction of sp³-hybridized carbons (Fsp3) is 0.444. The molecule has 4 rings (SSSR count). The summed E-state index contributed by atoms with van der Waals surface area (Å²) >= 11 is 0. The lowest BCUT2D eigenvalue weighted by molar-refractivity contribution is -0.141. The zero-order chi connectivity index (χ0) is 25.2. The lowest BCUT2D eigenvalue weighted by atomic mass is 9.98. The number of fused-ring (bicyclic) bond motifs is 3. The van der Waals surface area contributed by atoms with Gasteiger partial charge in [-0.15, -0.1) is 0 Å². The molecule has 2 aliphatic carbocycles. The molecule has 0 spiro atoms. The van der Waals surface area contributed by atoms with Gasteiger partial charge in [-0.05, 0) is 68.2 Å². The summed E-state index contributed by atoms with van der Waals surface area (Å²) in [6.07, 6.45) is 0.219. The molecule has 0 aliphatic heterocycles. The quantitative estimate of drug-likeness (QED) is 0.473. The van der Waals surface area contributed by atoms with Crippen LogP contribution in [0.25, 0.3) is 11.1 Å². The molecule has 2 aromatic rings. The number of carbonyl (C=O) groups excluding carboxylic acids is 2. The maximum absolute atomic E-state index is 12.3. The van der Waals surface area contributed by atoms with Gasteiger partial charge in [0.1, 0.15) is 17.7 Å². The van der Waals surface area contributed by atoms with Crippen molar-refractivity contribution in [1.29, 1.82) is 0 Å². The summed E-state index contributed by atoms with van der Waals surface area (Å²) in [4.78, 5) is 36.1. The SMILES string of the molecule is CC(C)(C)OC(=O)N[C@@]1(C(=O)O)C[C@H]1CCCNC(=O)OCC1c2ccccc2-c2ccccc21. The third kappa shape index (κ3) is 5.42. The normalized spacial score (nSPS) is 20.4. The van der Waals surface area contributed by atoms with Gasteiger partial charge < -0.3 is 25.2 Å². The molecule has 1 fully saturated rings. The Morgan fingerprint density at radius 2 is 1.60 bits per heavy atom. The van der Waals surface area contributed by atoms with Crippen molar-refractivity contribution in [3.05, 3.63) is 59.7 Å². The van der Waals surface area contributed by atoms with E-state index >= 15 is 0 Å². The Morgan fingerprint density at radius 3 is 2.17 bits per heavy atom. The van der Waals surface area contributed by atoms with Crippen LogP contribution in [0.5, 0.6) is 0 Å². The fourth-order valence-electron chi connectivity index (χ4n) is 4.82. The highest BCUT2D eigenvalue weighted by Crippen LogP contribution is 2.47. The molecule has 0 heterocycles. The first-order valence-corrected chi connectivity index (χ1v) is 11.9. The fourth-order valence-corrected chi connectivity index (χ4v) is 4.82. The second-order valence-electron chi connectivity index (χ2n) is 10.2. The number of carboxylic acid groups (broad SMARTS) is 1. The zero-order valence-corrected chi connectivity index (χ0v) is 20.3. The standard InChI is InChI=1S/C27H32N2O6/c1-26(2,3)35-25(33)29-27(23(30)31)15-17(27)9-8-14-28-24(32)34-16-22-20-12-6-4-10-18(20)19-11-5-7-13-21(19)22/h4-7,10-13,17,22H,8-9,14-16H2,1-3H3,(H,28,32)(H,29,33)(H,30,31)/t17-,27+/m1/s1. The lowest BCUT2D eigenvalue weighted by Gasteiger charge is -2.22. The Morgan fingerprint density at radius 1 is 1.00 bits per heavy atom. The molecule has 8 nitrogen and oxygen atoms in total. The average Bonchev–Trinajstić information content (AvgIpc) is 3.39.